The van der Waals surface area contributed by atoms with Crippen LogP contribution in [0.15, 0.2) is 66.8 Å². The summed E-state index contributed by atoms with van der Waals surface area (Å²) in [6.45, 7) is 0. The highest BCUT2D eigenvalue weighted by Gasteiger charge is 2.15. The lowest BCUT2D eigenvalue weighted by molar-refractivity contribution is -0.00536. The van der Waals surface area contributed by atoms with Crippen molar-refractivity contribution in [1.29, 1.82) is 0 Å². The van der Waals surface area contributed by atoms with Crippen molar-refractivity contribution in [3.8, 4) is 0 Å². The SMILES string of the molecule is [N-]=[N+]=C1C=CC(n2c3ccccc3c3ccccc32)=CC1. The van der Waals surface area contributed by atoms with Gasteiger partial charge in [0.05, 0.1) is 17.5 Å². The summed E-state index contributed by atoms with van der Waals surface area (Å²) in [4.78, 5) is 3.26. The minimum Gasteiger partial charge on any atom is -0.361 e. The molecule has 3 nitrogen and oxygen atoms in total. The third kappa shape index (κ3) is 1.76. The van der Waals surface area contributed by atoms with Crippen LogP contribution in [0.5, 0.6) is 0 Å². The second-order valence-electron chi connectivity index (χ2n) is 5.13. The van der Waals surface area contributed by atoms with Crippen LogP contribution < -0.4 is 0 Å². The van der Waals surface area contributed by atoms with Crippen molar-refractivity contribution in [1.82, 2.24) is 4.57 Å². The Bertz CT molecular complexity index is 913. The van der Waals surface area contributed by atoms with Gasteiger partial charge < -0.3 is 10.1 Å². The molecule has 2 aromatic carbocycles. The van der Waals surface area contributed by atoms with Gasteiger partial charge in [-0.2, -0.15) is 4.79 Å². The van der Waals surface area contributed by atoms with Crippen LogP contribution in [0.3, 0.4) is 0 Å². The molecule has 0 aliphatic heterocycles. The molecule has 1 heterocycles. The fraction of sp³-hybridized carbons (Fsp3) is 0.0556. The van der Waals surface area contributed by atoms with Gasteiger partial charge in [-0.15, -0.1) is 0 Å². The highest BCUT2D eigenvalue weighted by atomic mass is 15.0. The first-order chi connectivity index (χ1) is 10.4. The van der Waals surface area contributed by atoms with E-state index >= 15 is 0 Å². The van der Waals surface area contributed by atoms with Crippen LogP contribution in [-0.4, -0.2) is 15.1 Å². The topological polar surface area (TPSA) is 41.3 Å². The fourth-order valence-electron chi connectivity index (χ4n) is 2.97. The molecule has 0 radical (unpaired) electrons. The smallest absolute Gasteiger partial charge is 0.295 e. The van der Waals surface area contributed by atoms with E-state index in [4.69, 9.17) is 5.53 Å². The summed E-state index contributed by atoms with van der Waals surface area (Å²) in [6.07, 6.45) is 6.59. The van der Waals surface area contributed by atoms with Gasteiger partial charge in [-0.1, -0.05) is 36.4 Å². The maximum absolute atomic E-state index is 8.85. The van der Waals surface area contributed by atoms with Crippen LogP contribution in [0, 0.1) is 0 Å². The Balaban J connectivity index is 2.06. The molecule has 0 unspecified atom stereocenters. The molecule has 1 aliphatic carbocycles. The number of rotatable bonds is 1. The largest absolute Gasteiger partial charge is 0.361 e. The van der Waals surface area contributed by atoms with Crippen molar-refractivity contribution in [2.75, 3.05) is 0 Å². The van der Waals surface area contributed by atoms with E-state index in [1.165, 1.54) is 21.8 Å². The Morgan fingerprint density at radius 1 is 0.857 bits per heavy atom. The molecule has 0 amide bonds. The normalized spacial score (nSPS) is 14.5. The molecule has 0 saturated carbocycles. The molecule has 1 aromatic heterocycles. The van der Waals surface area contributed by atoms with Gasteiger partial charge in [-0.25, -0.2) is 0 Å². The summed E-state index contributed by atoms with van der Waals surface area (Å²) in [5.41, 5.74) is 13.0. The van der Waals surface area contributed by atoms with Crippen LogP contribution in [0.1, 0.15) is 6.42 Å². The van der Waals surface area contributed by atoms with E-state index in [0.717, 1.165) is 5.70 Å². The third-order valence-electron chi connectivity index (χ3n) is 3.93. The van der Waals surface area contributed by atoms with Crippen LogP contribution >= 0.6 is 0 Å². The van der Waals surface area contributed by atoms with E-state index in [1.807, 2.05) is 12.2 Å². The van der Waals surface area contributed by atoms with Gasteiger partial charge in [-0.05, 0) is 24.3 Å². The molecule has 21 heavy (non-hydrogen) atoms. The quantitative estimate of drug-likeness (QED) is 0.468. The molecule has 3 aromatic rings. The van der Waals surface area contributed by atoms with Crippen LogP contribution in [-0.2, 0) is 0 Å². The van der Waals surface area contributed by atoms with Gasteiger partial charge in [-0.3, -0.25) is 0 Å². The summed E-state index contributed by atoms with van der Waals surface area (Å²) in [5, 5.41) is 2.51. The zero-order valence-electron chi connectivity index (χ0n) is 11.4. The average molecular weight is 271 g/mol. The maximum Gasteiger partial charge on any atom is 0.295 e. The molecule has 1 aliphatic rings. The number of para-hydroxylation sites is 2. The molecular weight excluding hydrogens is 258 g/mol. The Labute approximate surface area is 122 Å². The number of hydrogen-bond donors (Lipinski definition) is 0. The van der Waals surface area contributed by atoms with Crippen LogP contribution in [0.4, 0.5) is 0 Å². The molecule has 100 valence electrons. The molecule has 0 saturated heterocycles. The average Bonchev–Trinajstić information content (AvgIpc) is 2.90. The molecule has 0 fully saturated rings. The van der Waals surface area contributed by atoms with E-state index in [2.05, 4.69) is 64.0 Å². The number of fused-ring (bicyclic) bond motifs is 3. The first kappa shape index (κ1) is 11.9. The fourth-order valence-corrected chi connectivity index (χ4v) is 2.97. The summed E-state index contributed by atoms with van der Waals surface area (Å²) in [7, 11) is 0. The Morgan fingerprint density at radius 2 is 1.48 bits per heavy atom. The molecule has 0 N–H and O–H groups in total. The number of allylic oxidation sites excluding steroid dienone is 4. The molecule has 4 rings (SSSR count). The first-order valence-electron chi connectivity index (χ1n) is 6.96. The van der Waals surface area contributed by atoms with Gasteiger partial charge in [0.2, 0.25) is 0 Å². The highest BCUT2D eigenvalue weighted by Crippen LogP contribution is 2.32. The van der Waals surface area contributed by atoms with Gasteiger partial charge in [0.1, 0.15) is 0 Å². The van der Waals surface area contributed by atoms with Crippen molar-refractivity contribution in [3.05, 3.63) is 72.3 Å². The van der Waals surface area contributed by atoms with Gasteiger partial charge in [0.15, 0.2) is 0 Å². The molecule has 3 heteroatoms. The number of aromatic nitrogens is 1. The number of hydrogen-bond acceptors (Lipinski definition) is 0. The predicted molar refractivity (Wildman–Crippen MR) is 86.1 cm³/mol. The van der Waals surface area contributed by atoms with E-state index in [1.54, 1.807) is 0 Å². The second kappa shape index (κ2) is 4.58. The van der Waals surface area contributed by atoms with Gasteiger partial charge in [0.25, 0.3) is 5.71 Å². The second-order valence-corrected chi connectivity index (χ2v) is 5.13. The summed E-state index contributed by atoms with van der Waals surface area (Å²) in [6, 6.07) is 16.8. The Morgan fingerprint density at radius 3 is 2.00 bits per heavy atom. The third-order valence-corrected chi connectivity index (χ3v) is 3.93. The zero-order chi connectivity index (χ0) is 14.2. The van der Waals surface area contributed by atoms with Crippen molar-refractivity contribution in [3.63, 3.8) is 0 Å². The van der Waals surface area contributed by atoms with Crippen molar-refractivity contribution < 1.29 is 4.79 Å². The standard InChI is InChI=1S/C18H13N3/c19-20-13-9-11-14(12-10-13)21-17-7-3-1-5-15(17)16-6-2-4-8-18(16)21/h1-9,11-12H,10H2. The van der Waals surface area contributed by atoms with E-state index in [0.29, 0.717) is 12.1 Å². The summed E-state index contributed by atoms with van der Waals surface area (Å²) in [5.74, 6) is 0. The van der Waals surface area contributed by atoms with Crippen molar-refractivity contribution >= 4 is 33.2 Å². The lowest BCUT2D eigenvalue weighted by atomic mass is 10.1. The minimum atomic E-state index is 0.642. The Hall–Kier alpha value is -2.90. The molecule has 0 bridgehead atoms. The maximum atomic E-state index is 8.85. The lowest BCUT2D eigenvalue weighted by Gasteiger charge is -2.10. The highest BCUT2D eigenvalue weighted by molar-refractivity contribution is 6.11. The van der Waals surface area contributed by atoms with Crippen molar-refractivity contribution in [2.45, 2.75) is 6.42 Å². The van der Waals surface area contributed by atoms with E-state index in [9.17, 15) is 0 Å². The van der Waals surface area contributed by atoms with Gasteiger partial charge in [0, 0.05) is 22.5 Å². The Kier molecular flexibility index (Phi) is 2.59. The number of benzene rings is 2. The van der Waals surface area contributed by atoms with E-state index < -0.39 is 0 Å². The molecule has 0 atom stereocenters. The molecule has 0 spiro atoms. The van der Waals surface area contributed by atoms with Crippen LogP contribution in [0.2, 0.25) is 0 Å². The number of nitrogens with zero attached hydrogens (tertiary/aromatic N) is 3. The lowest BCUT2D eigenvalue weighted by Crippen LogP contribution is -2.03. The molecular formula is C18H13N3. The monoisotopic (exact) mass is 271 g/mol. The summed E-state index contributed by atoms with van der Waals surface area (Å²) >= 11 is 0. The van der Waals surface area contributed by atoms with Crippen molar-refractivity contribution in [2.24, 2.45) is 0 Å². The predicted octanol–water partition coefficient (Wildman–Crippen LogP) is 4.27. The van der Waals surface area contributed by atoms with E-state index in [-0.39, 0.29) is 0 Å². The zero-order valence-corrected chi connectivity index (χ0v) is 11.4. The van der Waals surface area contributed by atoms with Gasteiger partial charge >= 0.3 is 0 Å². The summed E-state index contributed by atoms with van der Waals surface area (Å²) < 4.78 is 2.26. The first-order valence-corrected chi connectivity index (χ1v) is 6.96. The minimum absolute atomic E-state index is 0.642. The van der Waals surface area contributed by atoms with Crippen LogP contribution in [0.25, 0.3) is 33.0 Å².